The summed E-state index contributed by atoms with van der Waals surface area (Å²) in [5, 5.41) is 2.88. The lowest BCUT2D eigenvalue weighted by atomic mass is 10.2. The third-order valence-corrected chi connectivity index (χ3v) is 2.75. The monoisotopic (exact) mass is 255 g/mol. The molecule has 0 bridgehead atoms. The Morgan fingerprint density at radius 2 is 1.74 bits per heavy atom. The van der Waals surface area contributed by atoms with E-state index in [-0.39, 0.29) is 5.91 Å². The van der Waals surface area contributed by atoms with Crippen LogP contribution in [0, 0.1) is 0 Å². The predicted molar refractivity (Wildman–Crippen MR) is 76.1 cm³/mol. The van der Waals surface area contributed by atoms with Crippen LogP contribution < -0.4 is 10.1 Å². The molecule has 0 radical (unpaired) electrons. The molecular formula is C16H17NO2. The van der Waals surface area contributed by atoms with E-state index >= 15 is 0 Å². The Hall–Kier alpha value is -2.29. The van der Waals surface area contributed by atoms with E-state index in [2.05, 4.69) is 5.32 Å². The van der Waals surface area contributed by atoms with Gasteiger partial charge >= 0.3 is 0 Å². The summed E-state index contributed by atoms with van der Waals surface area (Å²) in [6.07, 6.45) is 0.466. The molecule has 2 aromatic rings. The molecule has 0 fully saturated rings. The largest absolute Gasteiger partial charge is 0.489 e. The molecule has 2 rings (SSSR count). The summed E-state index contributed by atoms with van der Waals surface area (Å²) in [6, 6.07) is 17.3. The van der Waals surface area contributed by atoms with E-state index in [1.165, 1.54) is 0 Å². The number of benzene rings is 2. The van der Waals surface area contributed by atoms with E-state index in [1.807, 2.05) is 61.5 Å². The molecule has 0 aromatic heterocycles. The fourth-order valence-corrected chi connectivity index (χ4v) is 1.68. The van der Waals surface area contributed by atoms with E-state index in [9.17, 15) is 4.79 Å². The second kappa shape index (κ2) is 6.59. The standard InChI is InChI=1S/C16H17NO2/c1-2-16(18)17-15-11-7-6-8-13(15)12-19-14-9-4-3-5-10-14/h3-11H,2,12H2,1H3,(H,17,18). The second-order valence-corrected chi connectivity index (χ2v) is 4.16. The molecule has 98 valence electrons. The minimum Gasteiger partial charge on any atom is -0.489 e. The molecule has 1 amide bonds. The third-order valence-electron chi connectivity index (χ3n) is 2.75. The van der Waals surface area contributed by atoms with Crippen LogP contribution in [0.2, 0.25) is 0 Å². The molecule has 3 heteroatoms. The van der Waals surface area contributed by atoms with Gasteiger partial charge in [0.25, 0.3) is 0 Å². The Morgan fingerprint density at radius 1 is 1.05 bits per heavy atom. The van der Waals surface area contributed by atoms with E-state index in [0.717, 1.165) is 17.0 Å². The highest BCUT2D eigenvalue weighted by atomic mass is 16.5. The maximum Gasteiger partial charge on any atom is 0.224 e. The molecule has 0 atom stereocenters. The number of para-hydroxylation sites is 2. The van der Waals surface area contributed by atoms with Crippen molar-refractivity contribution in [3.8, 4) is 5.75 Å². The zero-order chi connectivity index (χ0) is 13.5. The van der Waals surface area contributed by atoms with Gasteiger partial charge in [-0.3, -0.25) is 4.79 Å². The fraction of sp³-hybridized carbons (Fsp3) is 0.188. The van der Waals surface area contributed by atoms with Gasteiger partial charge in [-0.25, -0.2) is 0 Å². The van der Waals surface area contributed by atoms with Crippen LogP contribution in [0.5, 0.6) is 5.75 Å². The molecule has 0 unspecified atom stereocenters. The average Bonchev–Trinajstić information content (AvgIpc) is 2.47. The lowest BCUT2D eigenvalue weighted by Crippen LogP contribution is -2.12. The highest BCUT2D eigenvalue weighted by Crippen LogP contribution is 2.18. The van der Waals surface area contributed by atoms with Crippen LogP contribution in [0.25, 0.3) is 0 Å². The number of amides is 1. The Kier molecular flexibility index (Phi) is 4.56. The zero-order valence-electron chi connectivity index (χ0n) is 10.9. The molecule has 0 saturated heterocycles. The molecule has 1 N–H and O–H groups in total. The normalized spacial score (nSPS) is 9.95. The molecule has 0 saturated carbocycles. The van der Waals surface area contributed by atoms with E-state index in [1.54, 1.807) is 0 Å². The minimum absolute atomic E-state index is 0.00663. The summed E-state index contributed by atoms with van der Waals surface area (Å²) in [4.78, 5) is 11.5. The van der Waals surface area contributed by atoms with Crippen molar-refractivity contribution < 1.29 is 9.53 Å². The van der Waals surface area contributed by atoms with Gasteiger partial charge in [-0.1, -0.05) is 43.3 Å². The number of carbonyl (C=O) groups is 1. The van der Waals surface area contributed by atoms with Gasteiger partial charge in [0.1, 0.15) is 12.4 Å². The first-order valence-corrected chi connectivity index (χ1v) is 6.35. The summed E-state index contributed by atoms with van der Waals surface area (Å²) < 4.78 is 5.70. The molecule has 19 heavy (non-hydrogen) atoms. The van der Waals surface area contributed by atoms with Crippen LogP contribution in [0.1, 0.15) is 18.9 Å². The van der Waals surface area contributed by atoms with Crippen LogP contribution in [0.15, 0.2) is 54.6 Å². The number of hydrogen-bond donors (Lipinski definition) is 1. The molecule has 2 aromatic carbocycles. The van der Waals surface area contributed by atoms with Crippen molar-refractivity contribution in [2.75, 3.05) is 5.32 Å². The van der Waals surface area contributed by atoms with Crippen LogP contribution in [0.4, 0.5) is 5.69 Å². The molecule has 0 aliphatic rings. The fourth-order valence-electron chi connectivity index (χ4n) is 1.68. The second-order valence-electron chi connectivity index (χ2n) is 4.16. The van der Waals surface area contributed by atoms with Gasteiger partial charge in [-0.05, 0) is 18.2 Å². The number of anilines is 1. The first-order chi connectivity index (χ1) is 9.29. The van der Waals surface area contributed by atoms with Crippen molar-refractivity contribution >= 4 is 11.6 Å². The highest BCUT2D eigenvalue weighted by Gasteiger charge is 2.05. The summed E-state index contributed by atoms with van der Waals surface area (Å²) in [6.45, 7) is 2.27. The number of nitrogens with one attached hydrogen (secondary N) is 1. The maximum absolute atomic E-state index is 11.5. The van der Waals surface area contributed by atoms with Crippen molar-refractivity contribution in [3.05, 3.63) is 60.2 Å². The smallest absolute Gasteiger partial charge is 0.224 e. The summed E-state index contributed by atoms with van der Waals surface area (Å²) in [7, 11) is 0. The number of hydrogen-bond acceptors (Lipinski definition) is 2. The summed E-state index contributed by atoms with van der Waals surface area (Å²) >= 11 is 0. The van der Waals surface area contributed by atoms with Gasteiger partial charge in [0.2, 0.25) is 5.91 Å². The maximum atomic E-state index is 11.5. The summed E-state index contributed by atoms with van der Waals surface area (Å²) in [5.41, 5.74) is 1.78. The van der Waals surface area contributed by atoms with Crippen LogP contribution in [-0.2, 0) is 11.4 Å². The first kappa shape index (κ1) is 13.1. The molecule has 3 nitrogen and oxygen atoms in total. The Labute approximate surface area is 113 Å². The SMILES string of the molecule is CCC(=O)Nc1ccccc1COc1ccccc1. The predicted octanol–water partition coefficient (Wildman–Crippen LogP) is 3.61. The van der Waals surface area contributed by atoms with Gasteiger partial charge < -0.3 is 10.1 Å². The van der Waals surface area contributed by atoms with Crippen molar-refractivity contribution in [1.29, 1.82) is 0 Å². The topological polar surface area (TPSA) is 38.3 Å². The van der Waals surface area contributed by atoms with Crippen molar-refractivity contribution in [3.63, 3.8) is 0 Å². The molecule has 0 heterocycles. The Balaban J connectivity index is 2.05. The minimum atomic E-state index is 0.00663. The third kappa shape index (κ3) is 3.85. The van der Waals surface area contributed by atoms with E-state index < -0.39 is 0 Å². The highest BCUT2D eigenvalue weighted by molar-refractivity contribution is 5.91. The number of rotatable bonds is 5. The number of ether oxygens (including phenoxy) is 1. The molecular weight excluding hydrogens is 238 g/mol. The van der Waals surface area contributed by atoms with Crippen molar-refractivity contribution in [2.24, 2.45) is 0 Å². The molecule has 0 spiro atoms. The quantitative estimate of drug-likeness (QED) is 0.886. The summed E-state index contributed by atoms with van der Waals surface area (Å²) in [5.74, 6) is 0.825. The Bertz CT molecular complexity index is 537. The van der Waals surface area contributed by atoms with Crippen LogP contribution in [0.3, 0.4) is 0 Å². The van der Waals surface area contributed by atoms with Gasteiger partial charge in [-0.2, -0.15) is 0 Å². The molecule has 0 aliphatic heterocycles. The first-order valence-electron chi connectivity index (χ1n) is 6.35. The van der Waals surface area contributed by atoms with Gasteiger partial charge in [0.15, 0.2) is 0 Å². The van der Waals surface area contributed by atoms with E-state index in [4.69, 9.17) is 4.74 Å². The van der Waals surface area contributed by atoms with Gasteiger partial charge in [0.05, 0.1) is 0 Å². The molecule has 0 aliphatic carbocycles. The van der Waals surface area contributed by atoms with Gasteiger partial charge in [-0.15, -0.1) is 0 Å². The number of carbonyl (C=O) groups excluding carboxylic acids is 1. The lowest BCUT2D eigenvalue weighted by molar-refractivity contribution is -0.115. The van der Waals surface area contributed by atoms with Crippen LogP contribution in [-0.4, -0.2) is 5.91 Å². The lowest BCUT2D eigenvalue weighted by Gasteiger charge is -2.11. The van der Waals surface area contributed by atoms with E-state index in [0.29, 0.717) is 13.0 Å². The van der Waals surface area contributed by atoms with Crippen molar-refractivity contribution in [2.45, 2.75) is 20.0 Å². The van der Waals surface area contributed by atoms with Crippen LogP contribution >= 0.6 is 0 Å². The Morgan fingerprint density at radius 3 is 2.47 bits per heavy atom. The van der Waals surface area contributed by atoms with Gasteiger partial charge in [0, 0.05) is 17.7 Å². The van der Waals surface area contributed by atoms with Crippen molar-refractivity contribution in [1.82, 2.24) is 0 Å². The average molecular weight is 255 g/mol. The zero-order valence-corrected chi connectivity index (χ0v) is 10.9.